The van der Waals surface area contributed by atoms with Crippen molar-refractivity contribution < 1.29 is 0 Å². The minimum absolute atomic E-state index is 0.714. The van der Waals surface area contributed by atoms with Crippen LogP contribution >= 0.6 is 12.6 Å². The lowest BCUT2D eigenvalue weighted by molar-refractivity contribution is 0.549. The summed E-state index contributed by atoms with van der Waals surface area (Å²) in [5, 5.41) is 0.714. The highest BCUT2D eigenvalue weighted by molar-refractivity contribution is 7.80. The zero-order valence-electron chi connectivity index (χ0n) is 14.6. The number of nitrogens with one attached hydrogen (secondary N) is 1. The summed E-state index contributed by atoms with van der Waals surface area (Å²) in [7, 11) is 0. The van der Waals surface area contributed by atoms with E-state index in [4.69, 9.17) is 0 Å². The lowest BCUT2D eigenvalue weighted by atomic mass is 10.0. The Labute approximate surface area is 146 Å². The van der Waals surface area contributed by atoms with E-state index < -0.39 is 0 Å². The molecule has 128 valence electrons. The summed E-state index contributed by atoms with van der Waals surface area (Å²) in [4.78, 5) is 7.66. The van der Waals surface area contributed by atoms with Crippen LogP contribution in [0.4, 0.5) is 0 Å². The average Bonchev–Trinajstić information content (AvgIpc) is 2.93. The Kier molecular flexibility index (Phi) is 8.59. The van der Waals surface area contributed by atoms with Gasteiger partial charge in [-0.05, 0) is 24.5 Å². The van der Waals surface area contributed by atoms with Gasteiger partial charge >= 0.3 is 0 Å². The molecule has 3 heteroatoms. The van der Waals surface area contributed by atoms with Crippen LogP contribution in [0.1, 0.15) is 83.1 Å². The Morgan fingerprint density at radius 3 is 2.13 bits per heavy atom. The van der Waals surface area contributed by atoms with Gasteiger partial charge in [0.25, 0.3) is 0 Å². The zero-order valence-corrected chi connectivity index (χ0v) is 15.5. The quantitative estimate of drug-likeness (QED) is 0.328. The monoisotopic (exact) mass is 332 g/mol. The standard InChI is InChI=1S/C20H32N2S/c1-2-3-4-5-6-7-8-9-10-11-12-14-17-15-13-16-18-19(17)22-20(23)21-18/h13,15-16H,2-12,14H2,1H3,(H2,21,22,23). The first kappa shape index (κ1) is 18.4. The van der Waals surface area contributed by atoms with E-state index in [0.29, 0.717) is 5.16 Å². The number of H-pyrrole nitrogens is 1. The molecule has 0 aliphatic carbocycles. The van der Waals surface area contributed by atoms with Crippen molar-refractivity contribution in [1.82, 2.24) is 9.97 Å². The Morgan fingerprint density at radius 1 is 0.870 bits per heavy atom. The van der Waals surface area contributed by atoms with Crippen molar-refractivity contribution in [3.8, 4) is 0 Å². The summed E-state index contributed by atoms with van der Waals surface area (Å²) >= 11 is 4.31. The predicted octanol–water partition coefficient (Wildman–Crippen LogP) is 6.71. The smallest absolute Gasteiger partial charge is 0.163 e. The van der Waals surface area contributed by atoms with Gasteiger partial charge in [0.2, 0.25) is 0 Å². The van der Waals surface area contributed by atoms with Gasteiger partial charge in [0.05, 0.1) is 11.0 Å². The number of imidazole rings is 1. The van der Waals surface area contributed by atoms with Crippen LogP contribution in [0.25, 0.3) is 11.0 Å². The number of thiol groups is 1. The summed E-state index contributed by atoms with van der Waals surface area (Å²) in [5.41, 5.74) is 3.59. The molecule has 0 bridgehead atoms. The molecule has 2 nitrogen and oxygen atoms in total. The molecule has 2 rings (SSSR count). The third kappa shape index (κ3) is 6.58. The fourth-order valence-corrected chi connectivity index (χ4v) is 3.49. The molecule has 23 heavy (non-hydrogen) atoms. The van der Waals surface area contributed by atoms with Gasteiger partial charge in [-0.2, -0.15) is 0 Å². The largest absolute Gasteiger partial charge is 0.333 e. The first-order valence-corrected chi connectivity index (χ1v) is 9.92. The maximum Gasteiger partial charge on any atom is 0.163 e. The highest BCUT2D eigenvalue weighted by Crippen LogP contribution is 2.20. The molecule has 1 heterocycles. The normalized spacial score (nSPS) is 11.4. The number of aromatic amines is 1. The van der Waals surface area contributed by atoms with E-state index in [1.807, 2.05) is 0 Å². The van der Waals surface area contributed by atoms with Crippen LogP contribution in [0, 0.1) is 0 Å². The summed E-state index contributed by atoms with van der Waals surface area (Å²) < 4.78 is 0. The lowest BCUT2D eigenvalue weighted by Crippen LogP contribution is -1.88. The van der Waals surface area contributed by atoms with Gasteiger partial charge in [-0.15, -0.1) is 12.6 Å². The van der Waals surface area contributed by atoms with Gasteiger partial charge in [-0.1, -0.05) is 83.3 Å². The highest BCUT2D eigenvalue weighted by Gasteiger charge is 2.04. The van der Waals surface area contributed by atoms with E-state index >= 15 is 0 Å². The van der Waals surface area contributed by atoms with Gasteiger partial charge in [-0.25, -0.2) is 4.98 Å². The van der Waals surface area contributed by atoms with E-state index in [2.05, 4.69) is 47.7 Å². The van der Waals surface area contributed by atoms with Crippen LogP contribution in [0.3, 0.4) is 0 Å². The topological polar surface area (TPSA) is 28.7 Å². The van der Waals surface area contributed by atoms with Crippen molar-refractivity contribution in [3.63, 3.8) is 0 Å². The maximum absolute atomic E-state index is 4.39. The number of unbranched alkanes of at least 4 members (excludes halogenated alkanes) is 10. The minimum Gasteiger partial charge on any atom is -0.333 e. The molecule has 0 aliphatic rings. The zero-order chi connectivity index (χ0) is 16.3. The number of hydrogen-bond donors (Lipinski definition) is 2. The van der Waals surface area contributed by atoms with E-state index in [1.165, 1.54) is 81.7 Å². The minimum atomic E-state index is 0.714. The molecule has 1 aromatic carbocycles. The third-order valence-corrected chi connectivity index (χ3v) is 4.85. The number of hydrogen-bond acceptors (Lipinski definition) is 2. The van der Waals surface area contributed by atoms with Crippen LogP contribution in [0.2, 0.25) is 0 Å². The Bertz CT molecular complexity index is 562. The summed E-state index contributed by atoms with van der Waals surface area (Å²) in [6.45, 7) is 2.28. The lowest BCUT2D eigenvalue weighted by Gasteiger charge is -2.04. The molecule has 0 unspecified atom stereocenters. The Hall–Kier alpha value is -0.960. The van der Waals surface area contributed by atoms with Crippen LogP contribution in [-0.4, -0.2) is 9.97 Å². The van der Waals surface area contributed by atoms with Gasteiger partial charge in [0.15, 0.2) is 5.16 Å². The van der Waals surface area contributed by atoms with E-state index in [9.17, 15) is 0 Å². The highest BCUT2D eigenvalue weighted by atomic mass is 32.1. The van der Waals surface area contributed by atoms with Crippen molar-refractivity contribution in [2.24, 2.45) is 0 Å². The Morgan fingerprint density at radius 2 is 1.48 bits per heavy atom. The molecule has 0 amide bonds. The predicted molar refractivity (Wildman–Crippen MR) is 104 cm³/mol. The number of fused-ring (bicyclic) bond motifs is 1. The molecular weight excluding hydrogens is 300 g/mol. The molecule has 0 spiro atoms. The molecule has 1 aromatic heterocycles. The van der Waals surface area contributed by atoms with Crippen molar-refractivity contribution >= 4 is 23.7 Å². The first-order valence-electron chi connectivity index (χ1n) is 9.48. The molecule has 2 aromatic rings. The van der Waals surface area contributed by atoms with E-state index in [-0.39, 0.29) is 0 Å². The van der Waals surface area contributed by atoms with Crippen molar-refractivity contribution in [2.45, 2.75) is 89.1 Å². The van der Waals surface area contributed by atoms with Crippen molar-refractivity contribution in [1.29, 1.82) is 0 Å². The molecule has 0 fully saturated rings. The van der Waals surface area contributed by atoms with Crippen molar-refractivity contribution in [2.75, 3.05) is 0 Å². The van der Waals surface area contributed by atoms with Crippen LogP contribution in [-0.2, 0) is 6.42 Å². The fourth-order valence-electron chi connectivity index (χ4n) is 3.27. The summed E-state index contributed by atoms with van der Waals surface area (Å²) in [6.07, 6.45) is 16.5. The van der Waals surface area contributed by atoms with Crippen molar-refractivity contribution in [3.05, 3.63) is 23.8 Å². The Balaban J connectivity index is 1.54. The van der Waals surface area contributed by atoms with Gasteiger partial charge < -0.3 is 4.98 Å². The second-order valence-electron chi connectivity index (χ2n) is 6.66. The average molecular weight is 333 g/mol. The molecule has 0 atom stereocenters. The molecule has 0 saturated heterocycles. The second kappa shape index (κ2) is 10.7. The molecular formula is C20H32N2S. The van der Waals surface area contributed by atoms with E-state index in [0.717, 1.165) is 11.9 Å². The van der Waals surface area contributed by atoms with Crippen LogP contribution in [0.5, 0.6) is 0 Å². The van der Waals surface area contributed by atoms with Crippen LogP contribution < -0.4 is 0 Å². The van der Waals surface area contributed by atoms with Crippen LogP contribution in [0.15, 0.2) is 23.4 Å². The molecule has 0 aliphatic heterocycles. The first-order chi connectivity index (χ1) is 11.3. The number of nitrogens with zero attached hydrogens (tertiary/aromatic N) is 1. The maximum atomic E-state index is 4.39. The molecule has 0 radical (unpaired) electrons. The molecule has 0 saturated carbocycles. The SMILES string of the molecule is CCCCCCCCCCCCCc1cccc2nc(S)[nH]c12. The van der Waals surface area contributed by atoms with Gasteiger partial charge in [0.1, 0.15) is 0 Å². The summed E-state index contributed by atoms with van der Waals surface area (Å²) in [6, 6.07) is 6.36. The van der Waals surface area contributed by atoms with Gasteiger partial charge in [-0.3, -0.25) is 0 Å². The number of rotatable bonds is 12. The fraction of sp³-hybridized carbons (Fsp3) is 0.650. The number of aromatic nitrogens is 2. The number of aryl methyl sites for hydroxylation is 1. The van der Waals surface area contributed by atoms with E-state index in [1.54, 1.807) is 0 Å². The third-order valence-electron chi connectivity index (χ3n) is 4.64. The second-order valence-corrected chi connectivity index (χ2v) is 7.08. The number of para-hydroxylation sites is 1. The summed E-state index contributed by atoms with van der Waals surface area (Å²) in [5.74, 6) is 0. The molecule has 1 N–H and O–H groups in total. The number of benzene rings is 1. The van der Waals surface area contributed by atoms with Gasteiger partial charge in [0, 0.05) is 0 Å².